The van der Waals surface area contributed by atoms with E-state index >= 15 is 0 Å². The lowest BCUT2D eigenvalue weighted by Crippen LogP contribution is -2.37. The van der Waals surface area contributed by atoms with Gasteiger partial charge in [0, 0.05) is 62.4 Å². The zero-order valence-electron chi connectivity index (χ0n) is 51.1. The molecule has 14 nitrogen and oxygen atoms in total. The summed E-state index contributed by atoms with van der Waals surface area (Å²) in [4.78, 5) is 36.7. The second-order valence-electron chi connectivity index (χ2n) is 22.4. The van der Waals surface area contributed by atoms with Gasteiger partial charge in [-0.25, -0.2) is 0 Å². The summed E-state index contributed by atoms with van der Waals surface area (Å²) in [6.07, 6.45) is 16.6. The molecule has 0 aliphatic heterocycles. The van der Waals surface area contributed by atoms with E-state index in [1.165, 1.54) is 87.2 Å². The zero-order chi connectivity index (χ0) is 58.5. The molecule has 0 aliphatic carbocycles. The first-order valence-corrected chi connectivity index (χ1v) is 29.1. The van der Waals surface area contributed by atoms with E-state index in [0.717, 1.165) is 42.1 Å². The number of carbonyl (C=O) groups is 3. The highest BCUT2D eigenvalue weighted by atomic mass is 16.6. The van der Waals surface area contributed by atoms with Gasteiger partial charge in [-0.1, -0.05) is 142 Å². The summed E-state index contributed by atoms with van der Waals surface area (Å²) in [5.74, 6) is 0.393. The summed E-state index contributed by atoms with van der Waals surface area (Å²) in [6.45, 7) is 29.9. The topological polar surface area (TPSA) is 203 Å². The van der Waals surface area contributed by atoms with Gasteiger partial charge in [0.1, 0.15) is 31.3 Å². The Balaban J connectivity index is 0.00000119. The van der Waals surface area contributed by atoms with Crippen LogP contribution in [0, 0.1) is 37.5 Å². The quantitative estimate of drug-likeness (QED) is 0.0363. The molecule has 0 radical (unpaired) electrons. The van der Waals surface area contributed by atoms with Crippen LogP contribution in [0.25, 0.3) is 0 Å². The number of nitrogens with two attached hydrogens (primary N) is 1. The standard InChI is InChI=1S/C28H42O4.C21H39NO7.C14H30O2/c1-9-28(6,7)25-18-20(3)17-24(27(25)31-12-10-11-29)22(5)23-16-19(2)15-21(4)26(23)32-14-13-30-8;1-7-20(4,18(25)29-14-16(3)23)10-11-21(5,9-8-15(2)17(22)24)19(26)28-13-12-27-6;1-2-3-4-5-6-7-8-9-10-11-13-16-14-12-15/h15-18,22,29H,9-14H2,1-8H3;15-16,23H,7-14H2,1-6H3,(H2,22,24);15H,2-14H2,1H3. The van der Waals surface area contributed by atoms with Gasteiger partial charge >= 0.3 is 11.9 Å². The van der Waals surface area contributed by atoms with Crippen molar-refractivity contribution in [1.82, 2.24) is 0 Å². The minimum Gasteiger partial charge on any atom is -0.493 e. The number of ether oxygens (including phenoxy) is 7. The van der Waals surface area contributed by atoms with E-state index in [9.17, 15) is 24.6 Å². The fourth-order valence-electron chi connectivity index (χ4n) is 8.72. The van der Waals surface area contributed by atoms with Crippen molar-refractivity contribution in [2.75, 3.05) is 80.3 Å². The van der Waals surface area contributed by atoms with Crippen LogP contribution in [0.1, 0.15) is 218 Å². The first-order valence-electron chi connectivity index (χ1n) is 29.1. The van der Waals surface area contributed by atoms with Gasteiger partial charge in [-0.05, 0) is 97.5 Å². The number of amides is 1. The Morgan fingerprint density at radius 1 is 0.584 bits per heavy atom. The van der Waals surface area contributed by atoms with E-state index in [-0.39, 0.29) is 56.3 Å². The third-order valence-corrected chi connectivity index (χ3v) is 14.8. The Bertz CT molecular complexity index is 1890. The van der Waals surface area contributed by atoms with Gasteiger partial charge in [0.05, 0.1) is 50.0 Å². The first kappa shape index (κ1) is 73.2. The normalized spacial score (nSPS) is 14.1. The van der Waals surface area contributed by atoms with Crippen LogP contribution in [-0.2, 0) is 43.5 Å². The average molecular weight is 1090 g/mol. The zero-order valence-corrected chi connectivity index (χ0v) is 51.1. The smallest absolute Gasteiger partial charge is 0.311 e. The minimum absolute atomic E-state index is 0.0185. The van der Waals surface area contributed by atoms with Gasteiger partial charge in [-0.3, -0.25) is 14.4 Å². The van der Waals surface area contributed by atoms with Crippen LogP contribution in [0.2, 0.25) is 0 Å². The SMILES string of the molecule is CCC(C)(C)c1cc(C)cc(C(C)c2cc(C)cc(C)c2OCCOC)c1OCCCO.CCC(C)(CCC(C)(CCC(C)C(N)=O)C(=O)OCCOC)C(=O)OCC(C)O.CCCCCCCCCCCCOCCO. The number of methoxy groups -OCH3 is 2. The molecule has 0 aliphatic rings. The molecule has 0 fully saturated rings. The molecule has 0 saturated heterocycles. The van der Waals surface area contributed by atoms with Crippen LogP contribution in [0.15, 0.2) is 24.3 Å². The number of esters is 2. The summed E-state index contributed by atoms with van der Waals surface area (Å²) in [5, 5.41) is 27.2. The maximum atomic E-state index is 12.8. The van der Waals surface area contributed by atoms with Crippen molar-refractivity contribution < 1.29 is 62.9 Å². The predicted octanol–water partition coefficient (Wildman–Crippen LogP) is 12.4. The van der Waals surface area contributed by atoms with E-state index in [4.69, 9.17) is 44.0 Å². The molecule has 0 saturated carbocycles. The molecule has 0 spiro atoms. The minimum atomic E-state index is -0.877. The summed E-state index contributed by atoms with van der Waals surface area (Å²) in [6, 6.07) is 8.89. The van der Waals surface area contributed by atoms with Crippen molar-refractivity contribution >= 4 is 17.8 Å². The molecule has 14 heteroatoms. The molecule has 5 atom stereocenters. The number of benzene rings is 2. The van der Waals surface area contributed by atoms with E-state index in [2.05, 4.69) is 79.7 Å². The van der Waals surface area contributed by atoms with Crippen molar-refractivity contribution in [1.29, 1.82) is 0 Å². The summed E-state index contributed by atoms with van der Waals surface area (Å²) >= 11 is 0. The van der Waals surface area contributed by atoms with Gasteiger partial charge in [0.15, 0.2) is 0 Å². The maximum absolute atomic E-state index is 12.8. The first-order chi connectivity index (χ1) is 36.5. The Morgan fingerprint density at radius 3 is 1.65 bits per heavy atom. The highest BCUT2D eigenvalue weighted by Gasteiger charge is 2.41. The molecule has 5 N–H and O–H groups in total. The number of hydrogen-bond acceptors (Lipinski definition) is 13. The number of unbranched alkanes of at least 4 members (excludes halogenated alkanes) is 9. The van der Waals surface area contributed by atoms with Crippen LogP contribution in [0.5, 0.6) is 11.5 Å². The summed E-state index contributed by atoms with van der Waals surface area (Å²) < 4.78 is 38.5. The van der Waals surface area contributed by atoms with Crippen LogP contribution in [-0.4, -0.2) is 120 Å². The Kier molecular flexibility index (Phi) is 39.2. The second-order valence-corrected chi connectivity index (χ2v) is 22.4. The Labute approximate surface area is 467 Å². The summed E-state index contributed by atoms with van der Waals surface area (Å²) in [7, 11) is 3.21. The fourth-order valence-corrected chi connectivity index (χ4v) is 8.72. The molecule has 2 aromatic rings. The number of primary amides is 1. The number of carbonyl (C=O) groups excluding carboxylic acids is 3. The monoisotopic (exact) mass is 1090 g/mol. The van der Waals surface area contributed by atoms with Crippen molar-refractivity contribution in [3.63, 3.8) is 0 Å². The molecule has 5 unspecified atom stereocenters. The van der Waals surface area contributed by atoms with Crippen molar-refractivity contribution in [3.8, 4) is 11.5 Å². The molecule has 1 amide bonds. The number of aliphatic hydroxyl groups is 3. The van der Waals surface area contributed by atoms with Crippen LogP contribution < -0.4 is 15.2 Å². The largest absolute Gasteiger partial charge is 0.493 e. The van der Waals surface area contributed by atoms with Crippen LogP contribution in [0.4, 0.5) is 0 Å². The molecule has 0 bridgehead atoms. The van der Waals surface area contributed by atoms with Gasteiger partial charge in [-0.2, -0.15) is 0 Å². The van der Waals surface area contributed by atoms with Crippen molar-refractivity contribution in [2.24, 2.45) is 22.5 Å². The third kappa shape index (κ3) is 29.3. The number of aryl methyl sites for hydroxylation is 3. The molecule has 446 valence electrons. The number of aliphatic hydroxyl groups excluding tert-OH is 3. The molecular weight excluding hydrogens is 979 g/mol. The molecule has 2 aromatic carbocycles. The average Bonchev–Trinajstić information content (AvgIpc) is 3.39. The lowest BCUT2D eigenvalue weighted by atomic mass is 9.73. The highest BCUT2D eigenvalue weighted by molar-refractivity contribution is 5.79. The lowest BCUT2D eigenvalue weighted by Gasteiger charge is -2.33. The Hall–Kier alpha value is -3.79. The van der Waals surface area contributed by atoms with Crippen molar-refractivity contribution in [2.45, 2.75) is 217 Å². The summed E-state index contributed by atoms with van der Waals surface area (Å²) in [5.41, 5.74) is 10.8. The van der Waals surface area contributed by atoms with Gasteiger partial charge < -0.3 is 54.2 Å². The molecular formula is C63H111NO13. The lowest BCUT2D eigenvalue weighted by molar-refractivity contribution is -0.162. The fraction of sp³-hybridized carbons (Fsp3) is 0.762. The molecule has 0 aromatic heterocycles. The van der Waals surface area contributed by atoms with Crippen LogP contribution >= 0.6 is 0 Å². The van der Waals surface area contributed by atoms with Crippen LogP contribution in [0.3, 0.4) is 0 Å². The molecule has 2 rings (SSSR count). The van der Waals surface area contributed by atoms with Gasteiger partial charge in [0.25, 0.3) is 0 Å². The molecule has 77 heavy (non-hydrogen) atoms. The highest BCUT2D eigenvalue weighted by Crippen LogP contribution is 2.45. The van der Waals surface area contributed by atoms with Gasteiger partial charge in [0.2, 0.25) is 5.91 Å². The molecule has 0 heterocycles. The Morgan fingerprint density at radius 2 is 1.12 bits per heavy atom. The third-order valence-electron chi connectivity index (χ3n) is 14.8. The van der Waals surface area contributed by atoms with E-state index in [1.807, 2.05) is 6.92 Å². The van der Waals surface area contributed by atoms with E-state index < -0.39 is 28.8 Å². The second kappa shape index (κ2) is 41.3. The maximum Gasteiger partial charge on any atom is 0.311 e. The number of hydrogen-bond donors (Lipinski definition) is 4. The number of rotatable bonds is 40. The van der Waals surface area contributed by atoms with E-state index in [0.29, 0.717) is 65.0 Å². The van der Waals surface area contributed by atoms with Crippen molar-refractivity contribution in [3.05, 3.63) is 57.6 Å². The predicted molar refractivity (Wildman–Crippen MR) is 311 cm³/mol. The van der Waals surface area contributed by atoms with Gasteiger partial charge in [-0.15, -0.1) is 0 Å². The van der Waals surface area contributed by atoms with E-state index in [1.54, 1.807) is 34.8 Å².